The van der Waals surface area contributed by atoms with Gasteiger partial charge in [-0.2, -0.15) is 0 Å². The second kappa shape index (κ2) is 10.4. The van der Waals surface area contributed by atoms with Gasteiger partial charge < -0.3 is 14.6 Å². The summed E-state index contributed by atoms with van der Waals surface area (Å²) in [6.07, 6.45) is 1.85. The Labute approximate surface area is 188 Å². The minimum atomic E-state index is -0.828. The fraction of sp³-hybridized carbons (Fsp3) is 0.400. The van der Waals surface area contributed by atoms with E-state index in [1.54, 1.807) is 0 Å². The molecule has 1 unspecified atom stereocenters. The van der Waals surface area contributed by atoms with Gasteiger partial charge >= 0.3 is 5.97 Å². The summed E-state index contributed by atoms with van der Waals surface area (Å²) in [6, 6.07) is 19.8. The van der Waals surface area contributed by atoms with Crippen molar-refractivity contribution in [1.82, 2.24) is 4.90 Å². The molecule has 2 aliphatic rings. The first-order chi connectivity index (χ1) is 15.2. The standard InChI is InChI=1S/C25H29NO4S/c27-22-18-25(21-10-5-2-6-11-21,12-7-13-26-14-16-29-17-15-26)30-24(28)23(22)31-19-20-8-3-1-4-9-20/h1-6,8-11,27H,7,12-19H2. The molecular formula is C25H29NO4S. The Morgan fingerprint density at radius 3 is 2.35 bits per heavy atom. The van der Waals surface area contributed by atoms with Crippen LogP contribution >= 0.6 is 11.8 Å². The third kappa shape index (κ3) is 5.50. The maximum atomic E-state index is 13.0. The van der Waals surface area contributed by atoms with E-state index in [0.717, 1.165) is 50.4 Å². The molecule has 1 fully saturated rings. The lowest BCUT2D eigenvalue weighted by atomic mass is 9.83. The highest BCUT2D eigenvalue weighted by atomic mass is 32.2. The van der Waals surface area contributed by atoms with Crippen molar-refractivity contribution in [3.8, 4) is 0 Å². The minimum absolute atomic E-state index is 0.132. The van der Waals surface area contributed by atoms with Gasteiger partial charge in [-0.05, 0) is 30.5 Å². The van der Waals surface area contributed by atoms with Crippen LogP contribution in [0.3, 0.4) is 0 Å². The quantitative estimate of drug-likeness (QED) is 0.605. The first-order valence-corrected chi connectivity index (χ1v) is 11.8. The van der Waals surface area contributed by atoms with E-state index in [2.05, 4.69) is 4.90 Å². The summed E-state index contributed by atoms with van der Waals surface area (Å²) in [6.45, 7) is 4.33. The first-order valence-electron chi connectivity index (χ1n) is 10.8. The first kappa shape index (κ1) is 21.9. The van der Waals surface area contributed by atoms with Gasteiger partial charge in [0.15, 0.2) is 0 Å². The lowest BCUT2D eigenvalue weighted by Gasteiger charge is -2.38. The highest BCUT2D eigenvalue weighted by molar-refractivity contribution is 8.03. The summed E-state index contributed by atoms with van der Waals surface area (Å²) in [5.41, 5.74) is 1.21. The fourth-order valence-corrected chi connectivity index (χ4v) is 5.10. The van der Waals surface area contributed by atoms with Crippen LogP contribution in [0.2, 0.25) is 0 Å². The Balaban J connectivity index is 1.49. The number of thioether (sulfide) groups is 1. The molecule has 0 amide bonds. The topological polar surface area (TPSA) is 59.0 Å². The van der Waals surface area contributed by atoms with Gasteiger partial charge in [0.25, 0.3) is 0 Å². The van der Waals surface area contributed by atoms with Gasteiger partial charge in [0.05, 0.1) is 19.6 Å². The molecule has 164 valence electrons. The molecule has 2 aromatic rings. The second-order valence-corrected chi connectivity index (χ2v) is 9.02. The van der Waals surface area contributed by atoms with Gasteiger partial charge in [-0.1, -0.05) is 60.7 Å². The Kier molecular flexibility index (Phi) is 7.33. The smallest absolute Gasteiger partial charge is 0.348 e. The largest absolute Gasteiger partial charge is 0.511 e. The van der Waals surface area contributed by atoms with Crippen molar-refractivity contribution < 1.29 is 19.4 Å². The molecule has 1 N–H and O–H groups in total. The molecule has 1 atom stereocenters. The molecular weight excluding hydrogens is 410 g/mol. The molecule has 2 heterocycles. The van der Waals surface area contributed by atoms with Crippen LogP contribution in [-0.2, 0) is 25.6 Å². The number of ether oxygens (including phenoxy) is 2. The fourth-order valence-electron chi connectivity index (χ4n) is 4.20. The molecule has 0 bridgehead atoms. The molecule has 0 radical (unpaired) electrons. The number of aliphatic hydroxyl groups excluding tert-OH is 1. The second-order valence-electron chi connectivity index (χ2n) is 8.03. The molecule has 0 spiro atoms. The predicted octanol–water partition coefficient (Wildman–Crippen LogP) is 4.64. The van der Waals surface area contributed by atoms with E-state index < -0.39 is 11.6 Å². The summed E-state index contributed by atoms with van der Waals surface area (Å²) >= 11 is 1.34. The van der Waals surface area contributed by atoms with Crippen LogP contribution in [-0.4, -0.2) is 48.8 Å². The Hall–Kier alpha value is -2.28. The summed E-state index contributed by atoms with van der Waals surface area (Å²) in [7, 11) is 0. The number of morpholine rings is 1. The van der Waals surface area contributed by atoms with Gasteiger partial charge in [0, 0.05) is 18.8 Å². The molecule has 2 aromatic carbocycles. The molecule has 4 rings (SSSR count). The van der Waals surface area contributed by atoms with Crippen LogP contribution in [0.25, 0.3) is 0 Å². The SMILES string of the molecule is O=C1OC(CCCN2CCOCC2)(c2ccccc2)CC(O)=C1SCc1ccccc1. The number of nitrogens with zero attached hydrogens (tertiary/aromatic N) is 1. The van der Waals surface area contributed by atoms with Crippen molar-refractivity contribution in [3.05, 3.63) is 82.5 Å². The number of hydrogen-bond acceptors (Lipinski definition) is 6. The highest BCUT2D eigenvalue weighted by Crippen LogP contribution is 2.44. The minimum Gasteiger partial charge on any atom is -0.511 e. The van der Waals surface area contributed by atoms with E-state index in [9.17, 15) is 9.90 Å². The van der Waals surface area contributed by atoms with Crippen molar-refractivity contribution >= 4 is 17.7 Å². The number of hydrogen-bond donors (Lipinski definition) is 1. The molecule has 0 aliphatic carbocycles. The molecule has 2 aliphatic heterocycles. The maximum absolute atomic E-state index is 13.0. The molecule has 5 nitrogen and oxygen atoms in total. The van der Waals surface area contributed by atoms with E-state index in [-0.39, 0.29) is 5.76 Å². The summed E-state index contributed by atoms with van der Waals surface area (Å²) in [5.74, 6) is 0.317. The Bertz CT molecular complexity index is 896. The molecule has 6 heteroatoms. The van der Waals surface area contributed by atoms with Crippen LogP contribution in [0.1, 0.15) is 30.4 Å². The average molecular weight is 440 g/mol. The Morgan fingerprint density at radius 1 is 1.00 bits per heavy atom. The number of aliphatic hydroxyl groups is 1. The van der Waals surface area contributed by atoms with Gasteiger partial charge in [-0.25, -0.2) is 4.79 Å². The zero-order valence-electron chi connectivity index (χ0n) is 17.7. The molecule has 31 heavy (non-hydrogen) atoms. The number of benzene rings is 2. The third-order valence-electron chi connectivity index (χ3n) is 5.87. The van der Waals surface area contributed by atoms with E-state index >= 15 is 0 Å². The number of carbonyl (C=O) groups excluding carboxylic acids is 1. The number of cyclic esters (lactones) is 1. The van der Waals surface area contributed by atoms with Crippen LogP contribution in [0.4, 0.5) is 0 Å². The lowest BCUT2D eigenvalue weighted by molar-refractivity contribution is -0.160. The zero-order valence-corrected chi connectivity index (χ0v) is 18.5. The summed E-state index contributed by atoms with van der Waals surface area (Å²) < 4.78 is 11.5. The van der Waals surface area contributed by atoms with Gasteiger partial charge in [-0.3, -0.25) is 4.90 Å². The van der Waals surface area contributed by atoms with Crippen molar-refractivity contribution in [2.45, 2.75) is 30.6 Å². The van der Waals surface area contributed by atoms with Crippen LogP contribution in [0.5, 0.6) is 0 Å². The van der Waals surface area contributed by atoms with Gasteiger partial charge in [0.2, 0.25) is 0 Å². The van der Waals surface area contributed by atoms with Gasteiger partial charge in [-0.15, -0.1) is 11.8 Å². The summed E-state index contributed by atoms with van der Waals surface area (Å²) in [4.78, 5) is 15.7. The van der Waals surface area contributed by atoms with E-state index in [4.69, 9.17) is 9.47 Å². The normalized spacial score (nSPS) is 22.4. The summed E-state index contributed by atoms with van der Waals surface area (Å²) in [5, 5.41) is 10.9. The zero-order chi connectivity index (χ0) is 21.5. The van der Waals surface area contributed by atoms with E-state index in [0.29, 0.717) is 23.5 Å². The lowest BCUT2D eigenvalue weighted by Crippen LogP contribution is -2.40. The predicted molar refractivity (Wildman–Crippen MR) is 123 cm³/mol. The number of esters is 1. The number of carbonyl (C=O) groups is 1. The van der Waals surface area contributed by atoms with Gasteiger partial charge in [0.1, 0.15) is 16.3 Å². The molecule has 0 saturated carbocycles. The van der Waals surface area contributed by atoms with Crippen LogP contribution in [0.15, 0.2) is 71.3 Å². The monoisotopic (exact) mass is 439 g/mol. The number of rotatable bonds is 8. The average Bonchev–Trinajstić information content (AvgIpc) is 2.80. The van der Waals surface area contributed by atoms with E-state index in [1.165, 1.54) is 11.8 Å². The van der Waals surface area contributed by atoms with Crippen molar-refractivity contribution in [2.24, 2.45) is 0 Å². The molecule has 0 aromatic heterocycles. The van der Waals surface area contributed by atoms with Crippen molar-refractivity contribution in [2.75, 3.05) is 32.8 Å². The van der Waals surface area contributed by atoms with Crippen LogP contribution < -0.4 is 0 Å². The third-order valence-corrected chi connectivity index (χ3v) is 7.04. The maximum Gasteiger partial charge on any atom is 0.348 e. The van der Waals surface area contributed by atoms with Crippen molar-refractivity contribution in [1.29, 1.82) is 0 Å². The van der Waals surface area contributed by atoms with Crippen LogP contribution in [0, 0.1) is 0 Å². The van der Waals surface area contributed by atoms with Crippen molar-refractivity contribution in [3.63, 3.8) is 0 Å². The van der Waals surface area contributed by atoms with E-state index in [1.807, 2.05) is 60.7 Å². The Morgan fingerprint density at radius 2 is 1.68 bits per heavy atom. The molecule has 1 saturated heterocycles. The highest BCUT2D eigenvalue weighted by Gasteiger charge is 2.43.